The van der Waals surface area contributed by atoms with Gasteiger partial charge >= 0.3 is 0 Å². The second kappa shape index (κ2) is 8.52. The number of piperidine rings is 1. The molecule has 1 aromatic rings. The normalized spacial score (nSPS) is 20.0. The summed E-state index contributed by atoms with van der Waals surface area (Å²) in [4.78, 5) is 26.9. The van der Waals surface area contributed by atoms with Crippen LogP contribution in [0.1, 0.15) is 38.5 Å². The Bertz CT molecular complexity index is 627. The standard InChI is InChI=1S/C18H24BrN3O2.ClH/c19-14-5-1-2-6-15(14)21-16(23)13-7-11-22(12-8-13)17(24)18(20)9-3-4-10-18;/h1-2,5-6,13H,3-4,7-12,20H2,(H,21,23);1H. The van der Waals surface area contributed by atoms with Gasteiger partial charge in [0.2, 0.25) is 11.8 Å². The highest BCUT2D eigenvalue weighted by Gasteiger charge is 2.41. The van der Waals surface area contributed by atoms with E-state index >= 15 is 0 Å². The Morgan fingerprint density at radius 3 is 2.36 bits per heavy atom. The smallest absolute Gasteiger partial charge is 0.242 e. The maximum absolute atomic E-state index is 12.6. The van der Waals surface area contributed by atoms with Crippen molar-refractivity contribution in [1.82, 2.24) is 4.90 Å². The van der Waals surface area contributed by atoms with Gasteiger partial charge < -0.3 is 16.0 Å². The first-order chi connectivity index (χ1) is 11.5. The van der Waals surface area contributed by atoms with Crippen molar-refractivity contribution in [2.75, 3.05) is 18.4 Å². The van der Waals surface area contributed by atoms with E-state index in [1.165, 1.54) is 0 Å². The predicted molar refractivity (Wildman–Crippen MR) is 105 cm³/mol. The van der Waals surface area contributed by atoms with E-state index in [1.54, 1.807) is 0 Å². The van der Waals surface area contributed by atoms with E-state index in [4.69, 9.17) is 5.73 Å². The quantitative estimate of drug-likeness (QED) is 0.772. The van der Waals surface area contributed by atoms with Gasteiger partial charge in [0, 0.05) is 23.5 Å². The molecule has 5 nitrogen and oxygen atoms in total. The zero-order valence-electron chi connectivity index (χ0n) is 14.2. The predicted octanol–water partition coefficient (Wildman–Crippen LogP) is 3.32. The summed E-state index contributed by atoms with van der Waals surface area (Å²) in [6, 6.07) is 7.58. The van der Waals surface area contributed by atoms with Crippen LogP contribution in [0.3, 0.4) is 0 Å². The highest BCUT2D eigenvalue weighted by Crippen LogP contribution is 2.31. The minimum atomic E-state index is -0.663. The van der Waals surface area contributed by atoms with Gasteiger partial charge in [-0.3, -0.25) is 9.59 Å². The van der Waals surface area contributed by atoms with E-state index in [2.05, 4.69) is 21.2 Å². The molecule has 0 spiro atoms. The van der Waals surface area contributed by atoms with Crippen molar-refractivity contribution < 1.29 is 9.59 Å². The maximum Gasteiger partial charge on any atom is 0.242 e. The zero-order chi connectivity index (χ0) is 17.2. The number of nitrogens with one attached hydrogen (secondary N) is 1. The molecule has 2 fully saturated rings. The summed E-state index contributed by atoms with van der Waals surface area (Å²) in [7, 11) is 0. The van der Waals surface area contributed by atoms with Gasteiger partial charge in [0.25, 0.3) is 0 Å². The highest BCUT2D eigenvalue weighted by molar-refractivity contribution is 9.10. The van der Waals surface area contributed by atoms with Crippen molar-refractivity contribution in [3.05, 3.63) is 28.7 Å². The molecule has 3 rings (SSSR count). The fraction of sp³-hybridized carbons (Fsp3) is 0.556. The van der Waals surface area contributed by atoms with Gasteiger partial charge in [-0.1, -0.05) is 25.0 Å². The summed E-state index contributed by atoms with van der Waals surface area (Å²) in [5, 5.41) is 2.97. The van der Waals surface area contributed by atoms with Crippen molar-refractivity contribution >= 4 is 45.8 Å². The minimum Gasteiger partial charge on any atom is -0.341 e. The first kappa shape index (κ1) is 20.2. The van der Waals surface area contributed by atoms with Gasteiger partial charge in [0.1, 0.15) is 0 Å². The summed E-state index contributed by atoms with van der Waals surface area (Å²) >= 11 is 3.44. The van der Waals surface area contributed by atoms with Crippen LogP contribution in [-0.2, 0) is 9.59 Å². The van der Waals surface area contributed by atoms with Crippen LogP contribution in [0.25, 0.3) is 0 Å². The van der Waals surface area contributed by atoms with Gasteiger partial charge in [-0.2, -0.15) is 0 Å². The number of benzene rings is 1. The van der Waals surface area contributed by atoms with Gasteiger partial charge in [-0.15, -0.1) is 12.4 Å². The molecule has 1 saturated carbocycles. The minimum absolute atomic E-state index is 0. The second-order valence-electron chi connectivity index (χ2n) is 6.90. The average Bonchev–Trinajstić information content (AvgIpc) is 3.04. The monoisotopic (exact) mass is 429 g/mol. The lowest BCUT2D eigenvalue weighted by Gasteiger charge is -2.36. The van der Waals surface area contributed by atoms with Crippen LogP contribution in [-0.4, -0.2) is 35.3 Å². The number of likely N-dealkylation sites (tertiary alicyclic amines) is 1. The number of nitrogens with two attached hydrogens (primary N) is 1. The number of rotatable bonds is 3. The molecular weight excluding hydrogens is 406 g/mol. The largest absolute Gasteiger partial charge is 0.341 e. The zero-order valence-corrected chi connectivity index (χ0v) is 16.6. The fourth-order valence-electron chi connectivity index (χ4n) is 3.68. The van der Waals surface area contributed by atoms with Gasteiger partial charge in [0.15, 0.2) is 0 Å². The number of amides is 2. The van der Waals surface area contributed by atoms with Gasteiger partial charge in [-0.05, 0) is 53.7 Å². The molecule has 138 valence electrons. The SMILES string of the molecule is Cl.NC1(C(=O)N2CCC(C(=O)Nc3ccccc3Br)CC2)CCCC1. The molecule has 7 heteroatoms. The first-order valence-corrected chi connectivity index (χ1v) is 9.42. The van der Waals surface area contributed by atoms with E-state index in [9.17, 15) is 9.59 Å². The Morgan fingerprint density at radius 1 is 1.16 bits per heavy atom. The molecule has 0 atom stereocenters. The number of hydrogen-bond donors (Lipinski definition) is 2. The summed E-state index contributed by atoms with van der Waals surface area (Å²) in [5.41, 5.74) is 6.39. The van der Waals surface area contributed by atoms with E-state index < -0.39 is 5.54 Å². The maximum atomic E-state index is 12.6. The Balaban J connectivity index is 0.00000225. The molecule has 1 aromatic carbocycles. The molecule has 3 N–H and O–H groups in total. The topological polar surface area (TPSA) is 75.4 Å². The third-order valence-electron chi connectivity index (χ3n) is 5.21. The molecular formula is C18H25BrClN3O2. The number of carbonyl (C=O) groups excluding carboxylic acids is 2. The first-order valence-electron chi connectivity index (χ1n) is 8.63. The number of carbonyl (C=O) groups is 2. The fourth-order valence-corrected chi connectivity index (χ4v) is 4.06. The van der Waals surface area contributed by atoms with Gasteiger partial charge in [-0.25, -0.2) is 0 Å². The van der Waals surface area contributed by atoms with Crippen molar-refractivity contribution in [2.45, 2.75) is 44.1 Å². The molecule has 1 saturated heterocycles. The van der Waals surface area contributed by atoms with E-state index in [1.807, 2.05) is 29.2 Å². The molecule has 0 radical (unpaired) electrons. The number of anilines is 1. The van der Waals surface area contributed by atoms with Crippen LogP contribution in [0.15, 0.2) is 28.7 Å². The van der Waals surface area contributed by atoms with E-state index in [0.717, 1.165) is 35.8 Å². The van der Waals surface area contributed by atoms with Crippen LogP contribution < -0.4 is 11.1 Å². The summed E-state index contributed by atoms with van der Waals surface area (Å²) in [6.07, 6.45) is 5.03. The number of nitrogens with zero attached hydrogens (tertiary/aromatic N) is 1. The highest BCUT2D eigenvalue weighted by atomic mass is 79.9. The Kier molecular flexibility index (Phi) is 6.88. The third kappa shape index (κ3) is 4.54. The van der Waals surface area contributed by atoms with E-state index in [-0.39, 0.29) is 30.1 Å². The Labute approximate surface area is 163 Å². The molecule has 25 heavy (non-hydrogen) atoms. The lowest BCUT2D eigenvalue weighted by molar-refractivity contribution is -0.139. The molecule has 1 aliphatic heterocycles. The molecule has 2 amide bonds. The average molecular weight is 431 g/mol. The third-order valence-corrected chi connectivity index (χ3v) is 5.90. The number of halogens is 2. The van der Waals surface area contributed by atoms with Crippen molar-refractivity contribution in [2.24, 2.45) is 11.7 Å². The van der Waals surface area contributed by atoms with Crippen LogP contribution in [0, 0.1) is 5.92 Å². The molecule has 0 aromatic heterocycles. The lowest BCUT2D eigenvalue weighted by atomic mass is 9.92. The molecule has 0 bridgehead atoms. The summed E-state index contributed by atoms with van der Waals surface area (Å²) < 4.78 is 0.872. The number of hydrogen-bond acceptors (Lipinski definition) is 3. The molecule has 2 aliphatic rings. The lowest BCUT2D eigenvalue weighted by Crippen LogP contribution is -2.55. The van der Waals surface area contributed by atoms with Crippen molar-refractivity contribution in [1.29, 1.82) is 0 Å². The van der Waals surface area contributed by atoms with Gasteiger partial charge in [0.05, 0.1) is 11.2 Å². The molecule has 1 aliphatic carbocycles. The molecule has 0 unspecified atom stereocenters. The second-order valence-corrected chi connectivity index (χ2v) is 7.75. The van der Waals surface area contributed by atoms with Crippen molar-refractivity contribution in [3.63, 3.8) is 0 Å². The number of para-hydroxylation sites is 1. The van der Waals surface area contributed by atoms with Crippen LogP contribution in [0.5, 0.6) is 0 Å². The van der Waals surface area contributed by atoms with Crippen molar-refractivity contribution in [3.8, 4) is 0 Å². The summed E-state index contributed by atoms with van der Waals surface area (Å²) in [5.74, 6) is 0.0421. The Hall–Kier alpha value is -1.11. The van der Waals surface area contributed by atoms with Crippen LogP contribution in [0.4, 0.5) is 5.69 Å². The molecule has 1 heterocycles. The Morgan fingerprint density at radius 2 is 1.76 bits per heavy atom. The van der Waals surface area contributed by atoms with E-state index in [0.29, 0.717) is 25.9 Å². The van der Waals surface area contributed by atoms with Crippen LogP contribution >= 0.6 is 28.3 Å². The van der Waals surface area contributed by atoms with Crippen LogP contribution in [0.2, 0.25) is 0 Å². The summed E-state index contributed by atoms with van der Waals surface area (Å²) in [6.45, 7) is 1.23.